The van der Waals surface area contributed by atoms with Crippen molar-refractivity contribution in [1.82, 2.24) is 35.2 Å². The third-order valence-electron chi connectivity index (χ3n) is 8.95. The molecule has 4 heterocycles. The van der Waals surface area contributed by atoms with Crippen LogP contribution in [0.1, 0.15) is 24.1 Å². The molecule has 0 aromatic heterocycles. The zero-order chi connectivity index (χ0) is 36.6. The molecule has 0 bridgehead atoms. The monoisotopic (exact) mass is 721 g/mol. The van der Waals surface area contributed by atoms with Gasteiger partial charge in [0, 0.05) is 38.3 Å². The first-order valence-corrected chi connectivity index (χ1v) is 16.6. The lowest BCUT2D eigenvalue weighted by molar-refractivity contribution is -0.384. The molecule has 2 aromatic rings. The first-order chi connectivity index (χ1) is 24.4. The molecule has 0 unspecified atom stereocenters. The summed E-state index contributed by atoms with van der Waals surface area (Å²) in [5.41, 5.74) is 0.656. The average molecular weight is 722 g/mol. The van der Waals surface area contributed by atoms with Gasteiger partial charge in [-0.2, -0.15) is 5.10 Å². The van der Waals surface area contributed by atoms with E-state index in [-0.39, 0.29) is 45.0 Å². The number of nitro groups is 1. The molecule has 266 valence electrons. The van der Waals surface area contributed by atoms with Crippen molar-refractivity contribution in [2.75, 3.05) is 39.3 Å². The van der Waals surface area contributed by atoms with Crippen molar-refractivity contribution in [2.24, 2.45) is 5.10 Å². The number of amides is 8. The van der Waals surface area contributed by atoms with Gasteiger partial charge < -0.3 is 25.5 Å². The van der Waals surface area contributed by atoms with Crippen LogP contribution >= 0.6 is 11.8 Å². The molecule has 20 heteroatoms. The Morgan fingerprint density at radius 3 is 2.39 bits per heavy atom. The van der Waals surface area contributed by atoms with Gasteiger partial charge in [-0.1, -0.05) is 42.1 Å². The van der Waals surface area contributed by atoms with Crippen molar-refractivity contribution in [3.63, 3.8) is 0 Å². The number of likely N-dealkylation sites (N-methyl/N-ethyl adjacent to an activating group) is 1. The van der Waals surface area contributed by atoms with Gasteiger partial charge in [-0.15, -0.1) is 0 Å². The topological polar surface area (TPSA) is 235 Å². The van der Waals surface area contributed by atoms with E-state index in [9.17, 15) is 48.8 Å². The van der Waals surface area contributed by atoms with Gasteiger partial charge >= 0.3 is 29.8 Å². The lowest BCUT2D eigenvalue weighted by atomic mass is 10.0. The molecule has 0 radical (unpaired) electrons. The lowest BCUT2D eigenvalue weighted by Gasteiger charge is -2.41. The van der Waals surface area contributed by atoms with Gasteiger partial charge in [0.2, 0.25) is 16.7 Å². The molecule has 4 aliphatic heterocycles. The number of imide groups is 1. The predicted octanol–water partition coefficient (Wildman–Crippen LogP) is -0.0113. The van der Waals surface area contributed by atoms with Crippen LogP contribution in [-0.4, -0.2) is 138 Å². The summed E-state index contributed by atoms with van der Waals surface area (Å²) in [7, 11) is 0. The summed E-state index contributed by atoms with van der Waals surface area (Å²) in [5.74, 6) is -4.70. The number of β-lactam (4-membered cyclic amide) rings is 1. The van der Waals surface area contributed by atoms with Gasteiger partial charge in [0.05, 0.1) is 24.2 Å². The van der Waals surface area contributed by atoms with Crippen molar-refractivity contribution in [3.05, 3.63) is 75.8 Å². The Balaban J connectivity index is 1.15. The van der Waals surface area contributed by atoms with Gasteiger partial charge in [-0.25, -0.2) is 19.4 Å². The van der Waals surface area contributed by atoms with Crippen molar-refractivity contribution < 1.29 is 43.6 Å². The van der Waals surface area contributed by atoms with Gasteiger partial charge in [-0.05, 0) is 30.2 Å². The minimum absolute atomic E-state index is 0.0245. The van der Waals surface area contributed by atoms with Gasteiger partial charge in [0.1, 0.15) is 17.5 Å². The number of aliphatic carboxylic acids is 1. The molecular weight excluding hydrogens is 690 g/mol. The van der Waals surface area contributed by atoms with E-state index in [2.05, 4.69) is 15.7 Å². The second-order valence-electron chi connectivity index (χ2n) is 11.8. The number of urea groups is 2. The largest absolute Gasteiger partial charge is 0.479 e. The van der Waals surface area contributed by atoms with E-state index in [0.29, 0.717) is 16.0 Å². The number of hydrogen-bond donors (Lipinski definition) is 3. The summed E-state index contributed by atoms with van der Waals surface area (Å²) in [6.45, 7) is 1.63. The summed E-state index contributed by atoms with van der Waals surface area (Å²) in [4.78, 5) is 104. The van der Waals surface area contributed by atoms with Crippen molar-refractivity contribution in [2.45, 2.75) is 29.3 Å². The molecule has 4 fully saturated rings. The van der Waals surface area contributed by atoms with Gasteiger partial charge in [0.15, 0.2) is 0 Å². The average Bonchev–Trinajstić information content (AvgIpc) is 3.69. The Hall–Kier alpha value is -6.05. The third kappa shape index (κ3) is 6.28. The van der Waals surface area contributed by atoms with Crippen LogP contribution in [0.4, 0.5) is 15.3 Å². The number of fused-ring (bicyclic) bond motifs is 1. The maximum Gasteiger partial charge on any atom is 0.342 e. The van der Waals surface area contributed by atoms with Crippen LogP contribution in [0.25, 0.3) is 0 Å². The van der Waals surface area contributed by atoms with E-state index < -0.39 is 68.9 Å². The molecule has 0 spiro atoms. The molecule has 4 saturated heterocycles. The molecule has 0 aliphatic carbocycles. The van der Waals surface area contributed by atoms with Crippen LogP contribution in [-0.2, 0) is 24.0 Å². The van der Waals surface area contributed by atoms with Crippen LogP contribution in [0.3, 0.4) is 0 Å². The summed E-state index contributed by atoms with van der Waals surface area (Å²) in [6.07, 6.45) is 1.31. The van der Waals surface area contributed by atoms with E-state index in [1.807, 2.05) is 0 Å². The summed E-state index contributed by atoms with van der Waals surface area (Å²) < 4.78 is 0. The van der Waals surface area contributed by atoms with Crippen molar-refractivity contribution >= 4 is 65.3 Å². The molecule has 4 aliphatic rings. The molecule has 51 heavy (non-hydrogen) atoms. The second kappa shape index (κ2) is 13.7. The SMILES string of the molecule is CCN1CCN(C(=O)N[C@@H](C(=O)N[C@@H]2C(=O)N3C[C@@](C(=O)O)(N4CCN(N=Cc5ccc([N+](=O)[O-])cc5)C4=O)S[C@H]23)c2ccccc2)C(=O)C1=O. The standard InChI is InChI=1S/C31H31N9O10S/c1-2-35-12-13-36(26(44)25(35)43)29(47)34-21(19-6-4-3-5-7-19)23(41)33-22-24(42)37-17-31(28(45)46,51-27(22)37)38-14-15-39(30(38)48)32-16-18-8-10-20(11-9-18)40(49)50/h3-11,16,21-22,27H,2,12-15,17H2,1H3,(H,33,41)(H,34,47)(H,45,46)/t21-,22-,27-,31-/m1/s1. The summed E-state index contributed by atoms with van der Waals surface area (Å²) in [5, 5.41) is 30.7. The minimum atomic E-state index is -1.91. The first kappa shape index (κ1) is 34.8. The fourth-order valence-corrected chi connectivity index (χ4v) is 7.78. The molecule has 8 amide bonds. The van der Waals surface area contributed by atoms with E-state index in [0.717, 1.165) is 21.7 Å². The first-order valence-electron chi connectivity index (χ1n) is 15.7. The number of piperazine rings is 1. The van der Waals surface area contributed by atoms with E-state index >= 15 is 0 Å². The zero-order valence-electron chi connectivity index (χ0n) is 26.9. The van der Waals surface area contributed by atoms with Crippen LogP contribution in [0.5, 0.6) is 0 Å². The third-order valence-corrected chi connectivity index (χ3v) is 10.6. The number of thioether (sulfide) groups is 1. The smallest absolute Gasteiger partial charge is 0.342 e. The van der Waals surface area contributed by atoms with E-state index in [4.69, 9.17) is 0 Å². The second-order valence-corrected chi connectivity index (χ2v) is 13.2. The number of rotatable bonds is 10. The van der Waals surface area contributed by atoms with Crippen LogP contribution in [0, 0.1) is 10.1 Å². The highest BCUT2D eigenvalue weighted by atomic mass is 32.2. The number of hydrazone groups is 1. The molecule has 3 N–H and O–H groups in total. The van der Waals surface area contributed by atoms with Crippen molar-refractivity contribution in [1.29, 1.82) is 0 Å². The number of nitro benzene ring substituents is 1. The van der Waals surface area contributed by atoms with E-state index in [1.54, 1.807) is 37.3 Å². The Morgan fingerprint density at radius 2 is 1.75 bits per heavy atom. The lowest BCUT2D eigenvalue weighted by Crippen LogP contribution is -2.68. The van der Waals surface area contributed by atoms with Crippen LogP contribution in [0.15, 0.2) is 59.7 Å². The number of hydrogen-bond acceptors (Lipinski definition) is 11. The highest BCUT2D eigenvalue weighted by molar-refractivity contribution is 8.02. The predicted molar refractivity (Wildman–Crippen MR) is 177 cm³/mol. The van der Waals surface area contributed by atoms with Gasteiger partial charge in [0.25, 0.3) is 5.69 Å². The number of non-ortho nitro benzene ring substituents is 1. The number of carboxylic acids is 1. The maximum atomic E-state index is 13.7. The Bertz CT molecular complexity index is 1840. The molecule has 6 rings (SSSR count). The summed E-state index contributed by atoms with van der Waals surface area (Å²) >= 11 is 0.810. The highest BCUT2D eigenvalue weighted by Crippen LogP contribution is 2.49. The van der Waals surface area contributed by atoms with Gasteiger partial charge in [-0.3, -0.25) is 39.1 Å². The minimum Gasteiger partial charge on any atom is -0.479 e. The number of benzene rings is 2. The van der Waals surface area contributed by atoms with Crippen LogP contribution in [0.2, 0.25) is 0 Å². The fourth-order valence-electron chi connectivity index (χ4n) is 6.15. The van der Waals surface area contributed by atoms with E-state index in [1.165, 1.54) is 40.3 Å². The highest BCUT2D eigenvalue weighted by Gasteiger charge is 2.66. The molecule has 2 aromatic carbocycles. The quantitative estimate of drug-likeness (QED) is 0.0970. The number of nitrogens with one attached hydrogen (secondary N) is 2. The Labute approximate surface area is 293 Å². The maximum absolute atomic E-state index is 13.7. The number of carbonyl (C=O) groups is 7. The van der Waals surface area contributed by atoms with Crippen LogP contribution < -0.4 is 10.6 Å². The normalized spacial score (nSPS) is 23.7. The fraction of sp³-hybridized carbons (Fsp3) is 0.355. The molecule has 0 saturated carbocycles. The zero-order valence-corrected chi connectivity index (χ0v) is 27.7. The number of carbonyl (C=O) groups excluding carboxylic acids is 6. The Kier molecular flexibility index (Phi) is 9.34. The molecule has 4 atom stereocenters. The van der Waals surface area contributed by atoms with Crippen molar-refractivity contribution in [3.8, 4) is 0 Å². The molecule has 19 nitrogen and oxygen atoms in total. The number of carboxylic acid groups (broad SMARTS) is 1. The summed E-state index contributed by atoms with van der Waals surface area (Å²) in [6, 6.07) is 9.13. The Morgan fingerprint density at radius 1 is 1.04 bits per heavy atom. The number of nitrogens with zero attached hydrogens (tertiary/aromatic N) is 7. The molecular formula is C31H31N9O10S.